The van der Waals surface area contributed by atoms with Gasteiger partial charge in [0.15, 0.2) is 0 Å². The lowest BCUT2D eigenvalue weighted by atomic mass is 9.88. The first-order valence-electron chi connectivity index (χ1n) is 6.27. The molecule has 0 fully saturated rings. The number of carboxylic acid groups (broad SMARTS) is 1. The van der Waals surface area contributed by atoms with Crippen molar-refractivity contribution in [3.8, 4) is 0 Å². The molecule has 0 atom stereocenters. The van der Waals surface area contributed by atoms with Crippen LogP contribution in [0.25, 0.3) is 0 Å². The lowest BCUT2D eigenvalue weighted by Gasteiger charge is -2.30. The van der Waals surface area contributed by atoms with Crippen LogP contribution in [0.3, 0.4) is 0 Å². The highest BCUT2D eigenvalue weighted by Gasteiger charge is 2.36. The predicted molar refractivity (Wildman–Crippen MR) is 66.9 cm³/mol. The molecular formula is C12H24N2O3. The third-order valence-corrected chi connectivity index (χ3v) is 2.72. The molecule has 5 nitrogen and oxygen atoms in total. The SMILES string of the molecule is CCCC(CCC)(NCC(=O)NCC)C(=O)O. The molecule has 0 rings (SSSR count). The van der Waals surface area contributed by atoms with Gasteiger partial charge in [0.05, 0.1) is 6.54 Å². The number of aliphatic carboxylic acids is 1. The second-order valence-corrected chi connectivity index (χ2v) is 4.19. The lowest BCUT2D eigenvalue weighted by molar-refractivity contribution is -0.145. The van der Waals surface area contributed by atoms with E-state index in [-0.39, 0.29) is 12.5 Å². The first kappa shape index (κ1) is 15.9. The summed E-state index contributed by atoms with van der Waals surface area (Å²) in [6, 6.07) is 0. The molecule has 0 aliphatic carbocycles. The second kappa shape index (κ2) is 8.06. The topological polar surface area (TPSA) is 78.4 Å². The molecule has 17 heavy (non-hydrogen) atoms. The van der Waals surface area contributed by atoms with E-state index in [1.54, 1.807) is 0 Å². The van der Waals surface area contributed by atoms with Crippen LogP contribution in [-0.4, -0.2) is 35.6 Å². The Morgan fingerprint density at radius 3 is 2.00 bits per heavy atom. The van der Waals surface area contributed by atoms with E-state index >= 15 is 0 Å². The van der Waals surface area contributed by atoms with Gasteiger partial charge in [0, 0.05) is 6.54 Å². The highest BCUT2D eigenvalue weighted by molar-refractivity contribution is 5.82. The zero-order valence-corrected chi connectivity index (χ0v) is 11.0. The Labute approximate surface area is 103 Å². The van der Waals surface area contributed by atoms with Crippen molar-refractivity contribution < 1.29 is 14.7 Å². The molecule has 1 amide bonds. The van der Waals surface area contributed by atoms with Gasteiger partial charge in [-0.25, -0.2) is 0 Å². The van der Waals surface area contributed by atoms with Crippen molar-refractivity contribution in [3.05, 3.63) is 0 Å². The van der Waals surface area contributed by atoms with Crippen LogP contribution in [-0.2, 0) is 9.59 Å². The Hall–Kier alpha value is -1.10. The maximum Gasteiger partial charge on any atom is 0.323 e. The summed E-state index contributed by atoms with van der Waals surface area (Å²) in [5.74, 6) is -1.03. The Bertz CT molecular complexity index is 248. The fraction of sp³-hybridized carbons (Fsp3) is 0.833. The van der Waals surface area contributed by atoms with E-state index in [1.165, 1.54) is 0 Å². The van der Waals surface area contributed by atoms with Gasteiger partial charge < -0.3 is 10.4 Å². The molecule has 0 radical (unpaired) electrons. The average molecular weight is 244 g/mol. The van der Waals surface area contributed by atoms with E-state index < -0.39 is 11.5 Å². The molecule has 0 aromatic heterocycles. The monoisotopic (exact) mass is 244 g/mol. The number of carboxylic acids is 1. The molecule has 0 aromatic carbocycles. The van der Waals surface area contributed by atoms with Crippen LogP contribution in [0.5, 0.6) is 0 Å². The molecule has 100 valence electrons. The molecule has 0 aliphatic heterocycles. The molecule has 0 unspecified atom stereocenters. The minimum absolute atomic E-state index is 0.0557. The summed E-state index contributed by atoms with van der Waals surface area (Å²) in [5, 5.41) is 14.9. The summed E-state index contributed by atoms with van der Waals surface area (Å²) in [4.78, 5) is 22.7. The van der Waals surface area contributed by atoms with Gasteiger partial charge >= 0.3 is 5.97 Å². The van der Waals surface area contributed by atoms with Crippen molar-refractivity contribution in [2.75, 3.05) is 13.1 Å². The highest BCUT2D eigenvalue weighted by atomic mass is 16.4. The van der Waals surface area contributed by atoms with Crippen molar-refractivity contribution >= 4 is 11.9 Å². The normalized spacial score (nSPS) is 11.2. The van der Waals surface area contributed by atoms with E-state index in [2.05, 4.69) is 10.6 Å². The fourth-order valence-electron chi connectivity index (χ4n) is 1.95. The molecule has 0 heterocycles. The van der Waals surface area contributed by atoms with Crippen LogP contribution >= 0.6 is 0 Å². The van der Waals surface area contributed by atoms with Crippen molar-refractivity contribution in [2.24, 2.45) is 0 Å². The Kier molecular flexibility index (Phi) is 7.54. The van der Waals surface area contributed by atoms with E-state index in [1.807, 2.05) is 20.8 Å². The molecule has 5 heteroatoms. The summed E-state index contributed by atoms with van der Waals surface area (Å²) in [5.41, 5.74) is -0.964. The third-order valence-electron chi connectivity index (χ3n) is 2.72. The van der Waals surface area contributed by atoms with E-state index in [0.717, 1.165) is 12.8 Å². The zero-order chi connectivity index (χ0) is 13.3. The Morgan fingerprint density at radius 1 is 1.12 bits per heavy atom. The number of amides is 1. The van der Waals surface area contributed by atoms with Crippen LogP contribution in [0.15, 0.2) is 0 Å². The third kappa shape index (κ3) is 5.17. The minimum Gasteiger partial charge on any atom is -0.480 e. The Balaban J connectivity index is 4.55. The van der Waals surface area contributed by atoms with E-state index in [9.17, 15) is 14.7 Å². The second-order valence-electron chi connectivity index (χ2n) is 4.19. The number of carbonyl (C=O) groups is 2. The van der Waals surface area contributed by atoms with Crippen molar-refractivity contribution in [2.45, 2.75) is 52.0 Å². The summed E-state index contributed by atoms with van der Waals surface area (Å²) >= 11 is 0. The van der Waals surface area contributed by atoms with Crippen LogP contribution in [0.4, 0.5) is 0 Å². The van der Waals surface area contributed by atoms with E-state index in [4.69, 9.17) is 0 Å². The smallest absolute Gasteiger partial charge is 0.323 e. The molecule has 3 N–H and O–H groups in total. The van der Waals surface area contributed by atoms with Crippen LogP contribution < -0.4 is 10.6 Å². The maximum absolute atomic E-state index is 11.4. The number of hydrogen-bond acceptors (Lipinski definition) is 3. The summed E-state index contributed by atoms with van der Waals surface area (Å²) in [6.07, 6.45) is 2.62. The van der Waals surface area contributed by atoms with Gasteiger partial charge in [0.2, 0.25) is 5.91 Å². The first-order chi connectivity index (χ1) is 8.02. The maximum atomic E-state index is 11.4. The molecule has 0 saturated heterocycles. The van der Waals surface area contributed by atoms with Crippen molar-refractivity contribution in [1.29, 1.82) is 0 Å². The zero-order valence-electron chi connectivity index (χ0n) is 11.0. The van der Waals surface area contributed by atoms with Crippen molar-refractivity contribution in [1.82, 2.24) is 10.6 Å². The minimum atomic E-state index is -0.964. The van der Waals surface area contributed by atoms with Gasteiger partial charge in [-0.05, 0) is 19.8 Å². The van der Waals surface area contributed by atoms with Gasteiger partial charge in [-0.15, -0.1) is 0 Å². The predicted octanol–water partition coefficient (Wildman–Crippen LogP) is 1.14. The quantitative estimate of drug-likeness (QED) is 0.568. The molecule has 0 spiro atoms. The molecule has 0 saturated carbocycles. The summed E-state index contributed by atoms with van der Waals surface area (Å²) < 4.78 is 0. The van der Waals surface area contributed by atoms with E-state index in [0.29, 0.717) is 19.4 Å². The van der Waals surface area contributed by atoms with Gasteiger partial charge in [-0.1, -0.05) is 26.7 Å². The van der Waals surface area contributed by atoms with Gasteiger partial charge in [-0.2, -0.15) is 0 Å². The molecule has 0 aliphatic rings. The lowest BCUT2D eigenvalue weighted by Crippen LogP contribution is -2.54. The van der Waals surface area contributed by atoms with Crippen LogP contribution in [0, 0.1) is 0 Å². The largest absolute Gasteiger partial charge is 0.480 e. The van der Waals surface area contributed by atoms with Crippen molar-refractivity contribution in [3.63, 3.8) is 0 Å². The Morgan fingerprint density at radius 2 is 1.65 bits per heavy atom. The number of carbonyl (C=O) groups excluding carboxylic acids is 1. The van der Waals surface area contributed by atoms with Gasteiger partial charge in [-0.3, -0.25) is 14.9 Å². The molecule has 0 bridgehead atoms. The van der Waals surface area contributed by atoms with Gasteiger partial charge in [0.1, 0.15) is 5.54 Å². The highest BCUT2D eigenvalue weighted by Crippen LogP contribution is 2.19. The van der Waals surface area contributed by atoms with Gasteiger partial charge in [0.25, 0.3) is 0 Å². The van der Waals surface area contributed by atoms with Crippen LogP contribution in [0.1, 0.15) is 46.5 Å². The standard InChI is InChI=1S/C12H24N2O3/c1-4-7-12(8-5-2,11(16)17)14-9-10(15)13-6-3/h14H,4-9H2,1-3H3,(H,13,15)(H,16,17). The number of nitrogens with one attached hydrogen (secondary N) is 2. The summed E-state index contributed by atoms with van der Waals surface area (Å²) in [7, 11) is 0. The first-order valence-corrected chi connectivity index (χ1v) is 6.27. The molecule has 0 aromatic rings. The number of likely N-dealkylation sites (N-methyl/N-ethyl adjacent to an activating group) is 1. The summed E-state index contributed by atoms with van der Waals surface area (Å²) in [6.45, 7) is 6.34. The number of hydrogen-bond donors (Lipinski definition) is 3. The molecular weight excluding hydrogens is 220 g/mol. The van der Waals surface area contributed by atoms with Crippen LogP contribution in [0.2, 0.25) is 0 Å². The number of rotatable bonds is 9. The fourth-order valence-corrected chi connectivity index (χ4v) is 1.95. The average Bonchev–Trinajstić information content (AvgIpc) is 2.26.